The second-order valence-corrected chi connectivity index (χ2v) is 18.2. The van der Waals surface area contributed by atoms with Crippen molar-refractivity contribution in [1.29, 1.82) is 0 Å². The molecule has 0 aliphatic carbocycles. The third-order valence-electron chi connectivity index (χ3n) is 9.95. The molecule has 10 heteroatoms. The molecule has 0 saturated heterocycles. The summed E-state index contributed by atoms with van der Waals surface area (Å²) in [6.07, 6.45) is 42.4. The average molecular weight is 814 g/mol. The summed E-state index contributed by atoms with van der Waals surface area (Å²) < 4.78 is 33.8. The van der Waals surface area contributed by atoms with Crippen LogP contribution in [0.3, 0.4) is 0 Å². The Morgan fingerprint density at radius 3 is 1.43 bits per heavy atom. The van der Waals surface area contributed by atoms with Gasteiger partial charge >= 0.3 is 11.9 Å². The maximum Gasteiger partial charge on any atom is 0.306 e. The van der Waals surface area contributed by atoms with Gasteiger partial charge in [0.1, 0.15) is 19.8 Å². The van der Waals surface area contributed by atoms with Crippen LogP contribution in [0.4, 0.5) is 0 Å². The predicted molar refractivity (Wildman–Crippen MR) is 231 cm³/mol. The summed E-state index contributed by atoms with van der Waals surface area (Å²) in [4.78, 5) is 37.4. The van der Waals surface area contributed by atoms with E-state index in [0.29, 0.717) is 23.9 Å². The van der Waals surface area contributed by atoms with Crippen molar-refractivity contribution in [3.05, 3.63) is 24.3 Å². The first-order valence-corrected chi connectivity index (χ1v) is 24.5. The minimum absolute atomic E-state index is 0.0347. The van der Waals surface area contributed by atoms with Crippen molar-refractivity contribution in [3.8, 4) is 0 Å². The zero-order chi connectivity index (χ0) is 41.4. The molecule has 0 aliphatic rings. The number of unbranched alkanes of at least 4 members (excludes halogenated alkanes) is 24. The number of nitrogens with zero attached hydrogens (tertiary/aromatic N) is 1. The highest BCUT2D eigenvalue weighted by Gasteiger charge is 2.21. The second-order valence-electron chi connectivity index (χ2n) is 16.8. The largest absolute Gasteiger partial charge is 0.756 e. The molecule has 0 aromatic carbocycles. The number of allylic oxidation sites excluding steroid dienone is 4. The Kier molecular flexibility index (Phi) is 37.9. The molecule has 1 unspecified atom stereocenters. The Morgan fingerprint density at radius 2 is 0.946 bits per heavy atom. The minimum Gasteiger partial charge on any atom is -0.756 e. The van der Waals surface area contributed by atoms with E-state index in [1.165, 1.54) is 122 Å². The Labute approximate surface area is 345 Å². The number of ether oxygens (including phenoxy) is 2. The monoisotopic (exact) mass is 814 g/mol. The number of phosphoric acid groups is 1. The lowest BCUT2D eigenvalue weighted by molar-refractivity contribution is -0.870. The summed E-state index contributed by atoms with van der Waals surface area (Å²) in [6, 6.07) is 0. The summed E-state index contributed by atoms with van der Waals surface area (Å²) in [7, 11) is 1.15. The van der Waals surface area contributed by atoms with Crippen molar-refractivity contribution in [3.63, 3.8) is 0 Å². The molecule has 0 N–H and O–H groups in total. The SMILES string of the molecule is CCCCCCCCCCCCCCCC/C=C/CC/C=C/CCCC(=O)OC[C@@H](COP(=O)([O-])OCC[N+](C)(C)C)OC(=O)CCCCCCCCCCC. The van der Waals surface area contributed by atoms with Crippen LogP contribution in [0.25, 0.3) is 0 Å². The second kappa shape index (κ2) is 39.0. The van der Waals surface area contributed by atoms with E-state index in [1.54, 1.807) is 0 Å². The molecule has 2 atom stereocenters. The summed E-state index contributed by atoms with van der Waals surface area (Å²) >= 11 is 0. The van der Waals surface area contributed by atoms with E-state index in [0.717, 1.165) is 44.9 Å². The number of likely N-dealkylation sites (N-methyl/N-ethyl adjacent to an activating group) is 1. The van der Waals surface area contributed by atoms with Gasteiger partial charge in [-0.1, -0.05) is 173 Å². The predicted octanol–water partition coefficient (Wildman–Crippen LogP) is 12.5. The molecule has 9 nitrogen and oxygen atoms in total. The standard InChI is InChI=1S/C46H88NO8P/c1-6-8-10-12-14-16-17-18-19-20-21-22-23-24-25-26-27-28-29-31-32-34-36-38-45(48)52-42-44(43-54-56(50,51)53-41-40-47(3,4)5)55-46(49)39-37-35-33-30-15-13-11-9-7-2/h26-27,31-32,44H,6-25,28-30,33-43H2,1-5H3/b27-26+,32-31+/t44-/m0/s1. The van der Waals surface area contributed by atoms with Crippen LogP contribution >= 0.6 is 7.82 Å². The first-order valence-electron chi connectivity index (χ1n) is 23.0. The highest BCUT2D eigenvalue weighted by Crippen LogP contribution is 2.38. The van der Waals surface area contributed by atoms with Crippen LogP contribution in [-0.2, 0) is 32.7 Å². The van der Waals surface area contributed by atoms with Crippen molar-refractivity contribution in [1.82, 2.24) is 0 Å². The summed E-state index contributed by atoms with van der Waals surface area (Å²) in [5.74, 6) is -0.881. The zero-order valence-electron chi connectivity index (χ0n) is 37.1. The summed E-state index contributed by atoms with van der Waals surface area (Å²) in [5, 5.41) is 0. The fraction of sp³-hybridized carbons (Fsp3) is 0.870. The van der Waals surface area contributed by atoms with Gasteiger partial charge in [0.25, 0.3) is 7.82 Å². The van der Waals surface area contributed by atoms with Gasteiger partial charge in [-0.25, -0.2) is 0 Å². The van der Waals surface area contributed by atoms with Gasteiger partial charge in [-0.3, -0.25) is 14.2 Å². The number of phosphoric ester groups is 1. The molecule has 0 bridgehead atoms. The minimum atomic E-state index is -4.62. The van der Waals surface area contributed by atoms with Gasteiger partial charge in [0.15, 0.2) is 6.10 Å². The molecular formula is C46H88NO8P. The molecule has 56 heavy (non-hydrogen) atoms. The number of hydrogen-bond acceptors (Lipinski definition) is 8. The Hall–Kier alpha value is -1.51. The van der Waals surface area contributed by atoms with E-state index in [2.05, 4.69) is 38.2 Å². The lowest BCUT2D eigenvalue weighted by Crippen LogP contribution is -2.37. The lowest BCUT2D eigenvalue weighted by atomic mass is 10.0. The van der Waals surface area contributed by atoms with Crippen LogP contribution in [0.2, 0.25) is 0 Å². The van der Waals surface area contributed by atoms with Gasteiger partial charge in [-0.15, -0.1) is 0 Å². The van der Waals surface area contributed by atoms with Gasteiger partial charge in [-0.2, -0.15) is 0 Å². The molecule has 0 spiro atoms. The van der Waals surface area contributed by atoms with Crippen LogP contribution < -0.4 is 4.89 Å². The van der Waals surface area contributed by atoms with Crippen molar-refractivity contribution in [2.75, 3.05) is 47.5 Å². The van der Waals surface area contributed by atoms with Crippen molar-refractivity contribution < 1.29 is 42.1 Å². The first kappa shape index (κ1) is 54.5. The molecule has 0 radical (unpaired) electrons. The van der Waals surface area contributed by atoms with Crippen LogP contribution in [0, 0.1) is 0 Å². The maximum atomic E-state index is 12.6. The fourth-order valence-corrected chi connectivity index (χ4v) is 7.05. The van der Waals surface area contributed by atoms with Gasteiger partial charge in [-0.05, 0) is 44.9 Å². The molecule has 330 valence electrons. The van der Waals surface area contributed by atoms with Crippen LogP contribution in [-0.4, -0.2) is 70.0 Å². The Balaban J connectivity index is 4.22. The first-order chi connectivity index (χ1) is 27.0. The number of esters is 2. The van der Waals surface area contributed by atoms with Crippen LogP contribution in [0.5, 0.6) is 0 Å². The van der Waals surface area contributed by atoms with Gasteiger partial charge in [0, 0.05) is 12.8 Å². The molecule has 0 saturated carbocycles. The quantitative estimate of drug-likeness (QED) is 0.0197. The number of rotatable bonds is 42. The molecule has 0 aromatic heterocycles. The summed E-state index contributed by atoms with van der Waals surface area (Å²) in [5.41, 5.74) is 0. The molecule has 0 heterocycles. The van der Waals surface area contributed by atoms with E-state index >= 15 is 0 Å². The molecule has 0 aromatic rings. The van der Waals surface area contributed by atoms with E-state index in [9.17, 15) is 19.0 Å². The molecule has 0 aliphatic heterocycles. The van der Waals surface area contributed by atoms with Crippen LogP contribution in [0.15, 0.2) is 24.3 Å². The lowest BCUT2D eigenvalue weighted by Gasteiger charge is -2.28. The Morgan fingerprint density at radius 1 is 0.536 bits per heavy atom. The van der Waals surface area contributed by atoms with Crippen molar-refractivity contribution in [2.24, 2.45) is 0 Å². The normalized spacial score (nSPS) is 13.8. The number of carbonyl (C=O) groups is 2. The van der Waals surface area contributed by atoms with E-state index in [4.69, 9.17) is 18.5 Å². The third-order valence-corrected chi connectivity index (χ3v) is 10.9. The average Bonchev–Trinajstić information content (AvgIpc) is 3.15. The molecular weight excluding hydrogens is 725 g/mol. The van der Waals surface area contributed by atoms with Crippen molar-refractivity contribution in [2.45, 2.75) is 213 Å². The van der Waals surface area contributed by atoms with Gasteiger partial charge in [0.2, 0.25) is 0 Å². The maximum absolute atomic E-state index is 12.6. The molecule has 0 rings (SSSR count). The number of hydrogen-bond donors (Lipinski definition) is 0. The van der Waals surface area contributed by atoms with Crippen LogP contribution in [0.1, 0.15) is 206 Å². The fourth-order valence-electron chi connectivity index (χ4n) is 6.32. The molecule has 0 amide bonds. The summed E-state index contributed by atoms with van der Waals surface area (Å²) in [6.45, 7) is 4.17. The Bertz CT molecular complexity index is 1010. The van der Waals surface area contributed by atoms with Crippen molar-refractivity contribution >= 4 is 19.8 Å². The third kappa shape index (κ3) is 42.1. The smallest absolute Gasteiger partial charge is 0.306 e. The molecule has 0 fully saturated rings. The highest BCUT2D eigenvalue weighted by molar-refractivity contribution is 7.45. The van der Waals surface area contributed by atoms with Gasteiger partial charge < -0.3 is 27.9 Å². The topological polar surface area (TPSA) is 111 Å². The van der Waals surface area contributed by atoms with Gasteiger partial charge in [0.05, 0.1) is 27.7 Å². The number of quaternary nitrogens is 1. The van der Waals surface area contributed by atoms with E-state index in [1.807, 2.05) is 21.1 Å². The zero-order valence-corrected chi connectivity index (χ0v) is 38.0. The van der Waals surface area contributed by atoms with E-state index < -0.39 is 32.5 Å². The van der Waals surface area contributed by atoms with E-state index in [-0.39, 0.29) is 26.1 Å². The highest BCUT2D eigenvalue weighted by atomic mass is 31.2. The number of carbonyl (C=O) groups excluding carboxylic acids is 2.